The fraction of sp³-hybridized carbons (Fsp3) is 0. The highest BCUT2D eigenvalue weighted by molar-refractivity contribution is 9.10. The largest absolute Gasteiger partial charge is 0.383 e. The minimum absolute atomic E-state index is 0.521. The molecule has 2 aromatic rings. The van der Waals surface area contributed by atoms with Crippen molar-refractivity contribution in [3.63, 3.8) is 0 Å². The first-order chi connectivity index (χ1) is 5.77. The molecule has 0 aliphatic carbocycles. The van der Waals surface area contributed by atoms with Gasteiger partial charge in [-0.25, -0.2) is 9.97 Å². The molecule has 4 heteroatoms. The first-order valence-electron chi connectivity index (χ1n) is 3.43. The fourth-order valence-corrected chi connectivity index (χ4v) is 1.40. The Morgan fingerprint density at radius 3 is 2.92 bits per heavy atom. The Hall–Kier alpha value is -1.16. The highest BCUT2D eigenvalue weighted by Crippen LogP contribution is 2.20. The van der Waals surface area contributed by atoms with Crippen LogP contribution in [0.3, 0.4) is 0 Å². The van der Waals surface area contributed by atoms with E-state index in [1.807, 2.05) is 18.2 Å². The third-order valence-corrected chi connectivity index (χ3v) is 2.12. The standard InChI is InChI=1S/C8H6BrN3/c9-5-1-2-6-7(3-5)11-4-12-8(6)10/h1-4H,(H2,10,11,12). The summed E-state index contributed by atoms with van der Waals surface area (Å²) < 4.78 is 0.994. The number of hydrogen-bond donors (Lipinski definition) is 1. The molecule has 0 aliphatic heterocycles. The average Bonchev–Trinajstić information content (AvgIpc) is 2.04. The van der Waals surface area contributed by atoms with Gasteiger partial charge in [0.25, 0.3) is 0 Å². The monoisotopic (exact) mass is 223 g/mol. The van der Waals surface area contributed by atoms with Gasteiger partial charge >= 0.3 is 0 Å². The second-order valence-corrected chi connectivity index (χ2v) is 3.34. The van der Waals surface area contributed by atoms with Gasteiger partial charge in [-0.3, -0.25) is 0 Å². The number of rotatable bonds is 0. The molecule has 2 N–H and O–H groups in total. The molecule has 0 aliphatic rings. The molecule has 1 aromatic heterocycles. The number of anilines is 1. The third kappa shape index (κ3) is 1.14. The van der Waals surface area contributed by atoms with Gasteiger partial charge < -0.3 is 5.73 Å². The molecular formula is C8H6BrN3. The van der Waals surface area contributed by atoms with E-state index in [-0.39, 0.29) is 0 Å². The van der Waals surface area contributed by atoms with Crippen molar-refractivity contribution in [3.05, 3.63) is 29.0 Å². The van der Waals surface area contributed by atoms with Gasteiger partial charge in [-0.15, -0.1) is 0 Å². The summed E-state index contributed by atoms with van der Waals surface area (Å²) >= 11 is 3.36. The number of nitrogens with two attached hydrogens (primary N) is 1. The van der Waals surface area contributed by atoms with Crippen molar-refractivity contribution in [3.8, 4) is 0 Å². The van der Waals surface area contributed by atoms with E-state index in [0.29, 0.717) is 5.82 Å². The number of halogens is 1. The van der Waals surface area contributed by atoms with Crippen LogP contribution >= 0.6 is 15.9 Å². The molecular weight excluding hydrogens is 218 g/mol. The highest BCUT2D eigenvalue weighted by Gasteiger charge is 1.98. The fourth-order valence-electron chi connectivity index (χ4n) is 1.05. The van der Waals surface area contributed by atoms with Gasteiger partial charge in [0.05, 0.1) is 5.52 Å². The summed E-state index contributed by atoms with van der Waals surface area (Å²) in [7, 11) is 0. The highest BCUT2D eigenvalue weighted by atomic mass is 79.9. The first-order valence-corrected chi connectivity index (χ1v) is 4.22. The van der Waals surface area contributed by atoms with Crippen molar-refractivity contribution in [1.82, 2.24) is 9.97 Å². The van der Waals surface area contributed by atoms with Crippen molar-refractivity contribution >= 4 is 32.7 Å². The molecule has 0 bridgehead atoms. The van der Waals surface area contributed by atoms with E-state index in [9.17, 15) is 0 Å². The number of nitrogens with zero attached hydrogens (tertiary/aromatic N) is 2. The molecule has 0 unspecified atom stereocenters. The zero-order chi connectivity index (χ0) is 8.55. The number of aromatic nitrogens is 2. The van der Waals surface area contributed by atoms with E-state index in [0.717, 1.165) is 15.4 Å². The summed E-state index contributed by atoms with van der Waals surface area (Å²) in [6.45, 7) is 0. The van der Waals surface area contributed by atoms with Crippen LogP contribution in [-0.2, 0) is 0 Å². The molecule has 0 saturated carbocycles. The molecule has 0 fully saturated rings. The Morgan fingerprint density at radius 1 is 1.25 bits per heavy atom. The van der Waals surface area contributed by atoms with Crippen LogP contribution in [0, 0.1) is 0 Å². The summed E-state index contributed by atoms with van der Waals surface area (Å²) in [5.41, 5.74) is 6.50. The molecule has 0 spiro atoms. The lowest BCUT2D eigenvalue weighted by Gasteiger charge is -1.98. The molecule has 12 heavy (non-hydrogen) atoms. The molecule has 0 amide bonds. The van der Waals surface area contributed by atoms with Crippen LogP contribution in [0.25, 0.3) is 10.9 Å². The predicted molar refractivity (Wildman–Crippen MR) is 51.7 cm³/mol. The van der Waals surface area contributed by atoms with Gasteiger partial charge in [-0.05, 0) is 18.2 Å². The van der Waals surface area contributed by atoms with E-state index in [1.54, 1.807) is 0 Å². The average molecular weight is 224 g/mol. The van der Waals surface area contributed by atoms with E-state index >= 15 is 0 Å². The molecule has 2 rings (SSSR count). The Balaban J connectivity index is 2.86. The van der Waals surface area contributed by atoms with E-state index in [4.69, 9.17) is 5.73 Å². The second-order valence-electron chi connectivity index (χ2n) is 2.42. The number of benzene rings is 1. The van der Waals surface area contributed by atoms with Gasteiger partial charge in [0, 0.05) is 9.86 Å². The minimum atomic E-state index is 0.521. The van der Waals surface area contributed by atoms with Crippen molar-refractivity contribution in [1.29, 1.82) is 0 Å². The summed E-state index contributed by atoms with van der Waals surface area (Å²) in [6, 6.07) is 5.73. The molecule has 1 heterocycles. The Morgan fingerprint density at radius 2 is 2.08 bits per heavy atom. The molecule has 3 nitrogen and oxygen atoms in total. The number of nitrogen functional groups attached to an aromatic ring is 1. The molecule has 0 atom stereocenters. The second kappa shape index (κ2) is 2.71. The van der Waals surface area contributed by atoms with Gasteiger partial charge in [0.1, 0.15) is 12.1 Å². The molecule has 0 radical (unpaired) electrons. The first kappa shape index (κ1) is 7.49. The Kier molecular flexibility index (Phi) is 1.69. The van der Waals surface area contributed by atoms with Gasteiger partial charge in [0.2, 0.25) is 0 Å². The zero-order valence-electron chi connectivity index (χ0n) is 6.16. The maximum atomic E-state index is 5.64. The summed E-state index contributed by atoms with van der Waals surface area (Å²) in [6.07, 6.45) is 1.46. The lowest BCUT2D eigenvalue weighted by Crippen LogP contribution is -1.92. The SMILES string of the molecule is Nc1ncnc2cc(Br)ccc12. The Bertz CT molecular complexity index is 428. The maximum Gasteiger partial charge on any atom is 0.134 e. The van der Waals surface area contributed by atoms with Gasteiger partial charge in [0.15, 0.2) is 0 Å². The van der Waals surface area contributed by atoms with Crippen LogP contribution in [0.5, 0.6) is 0 Å². The summed E-state index contributed by atoms with van der Waals surface area (Å²) in [4.78, 5) is 7.97. The quantitative estimate of drug-likeness (QED) is 0.744. The van der Waals surface area contributed by atoms with Crippen molar-refractivity contribution < 1.29 is 0 Å². The van der Waals surface area contributed by atoms with E-state index in [2.05, 4.69) is 25.9 Å². The lowest BCUT2D eigenvalue weighted by atomic mass is 10.2. The molecule has 0 saturated heterocycles. The van der Waals surface area contributed by atoms with Crippen LogP contribution in [0.1, 0.15) is 0 Å². The van der Waals surface area contributed by atoms with Gasteiger partial charge in [-0.2, -0.15) is 0 Å². The van der Waals surface area contributed by atoms with Crippen molar-refractivity contribution in [2.24, 2.45) is 0 Å². The number of fused-ring (bicyclic) bond motifs is 1. The minimum Gasteiger partial charge on any atom is -0.383 e. The smallest absolute Gasteiger partial charge is 0.134 e. The van der Waals surface area contributed by atoms with Crippen LogP contribution in [0.2, 0.25) is 0 Å². The molecule has 60 valence electrons. The topological polar surface area (TPSA) is 51.8 Å². The van der Waals surface area contributed by atoms with Crippen LogP contribution in [0.15, 0.2) is 29.0 Å². The lowest BCUT2D eigenvalue weighted by molar-refractivity contribution is 1.23. The van der Waals surface area contributed by atoms with E-state index < -0.39 is 0 Å². The Labute approximate surface area is 77.8 Å². The predicted octanol–water partition coefficient (Wildman–Crippen LogP) is 1.97. The van der Waals surface area contributed by atoms with Crippen LogP contribution in [-0.4, -0.2) is 9.97 Å². The normalized spacial score (nSPS) is 10.4. The number of hydrogen-bond acceptors (Lipinski definition) is 3. The summed E-state index contributed by atoms with van der Waals surface area (Å²) in [5, 5.41) is 0.890. The molecule has 1 aromatic carbocycles. The van der Waals surface area contributed by atoms with Crippen LogP contribution < -0.4 is 5.73 Å². The summed E-state index contributed by atoms with van der Waals surface area (Å²) in [5.74, 6) is 0.521. The van der Waals surface area contributed by atoms with E-state index in [1.165, 1.54) is 6.33 Å². The van der Waals surface area contributed by atoms with Crippen molar-refractivity contribution in [2.75, 3.05) is 5.73 Å². The maximum absolute atomic E-state index is 5.64. The van der Waals surface area contributed by atoms with Crippen LogP contribution in [0.4, 0.5) is 5.82 Å². The van der Waals surface area contributed by atoms with Gasteiger partial charge in [-0.1, -0.05) is 15.9 Å². The zero-order valence-corrected chi connectivity index (χ0v) is 7.75. The third-order valence-electron chi connectivity index (χ3n) is 1.63. The van der Waals surface area contributed by atoms with Crippen molar-refractivity contribution in [2.45, 2.75) is 0 Å².